The average molecular weight is 359 g/mol. The lowest BCUT2D eigenvalue weighted by molar-refractivity contribution is 0.102. The minimum absolute atomic E-state index is 0.0588. The normalized spacial score (nSPS) is 15.5. The van der Waals surface area contributed by atoms with Crippen molar-refractivity contribution in [2.24, 2.45) is 0 Å². The van der Waals surface area contributed by atoms with E-state index in [1.807, 2.05) is 6.92 Å². The van der Waals surface area contributed by atoms with E-state index in [-0.39, 0.29) is 18.1 Å². The van der Waals surface area contributed by atoms with Crippen molar-refractivity contribution in [1.29, 1.82) is 0 Å². The minimum atomic E-state index is -0.606. The van der Waals surface area contributed by atoms with E-state index in [0.29, 0.717) is 39.7 Å². The third-order valence-corrected chi connectivity index (χ3v) is 4.76. The molecule has 2 aromatic heterocycles. The summed E-state index contributed by atoms with van der Waals surface area (Å²) in [7, 11) is 0. The predicted molar refractivity (Wildman–Crippen MR) is 93.9 cm³/mol. The Balaban J connectivity index is 1.88. The number of ether oxygens (including phenoxy) is 1. The molecule has 0 atom stereocenters. The second kappa shape index (κ2) is 7.02. The van der Waals surface area contributed by atoms with Crippen LogP contribution in [-0.4, -0.2) is 33.6 Å². The van der Waals surface area contributed by atoms with Gasteiger partial charge in [0.15, 0.2) is 5.13 Å². The van der Waals surface area contributed by atoms with Gasteiger partial charge >= 0.3 is 6.09 Å². The Morgan fingerprint density at radius 2 is 2.20 bits per heavy atom. The number of anilines is 1. The molecule has 0 fully saturated rings. The summed E-state index contributed by atoms with van der Waals surface area (Å²) in [6.45, 7) is 3.80. The number of Topliss-reactive ketones (excluding diaryl/α,β-unsaturated/α-hetero) is 1. The quantitative estimate of drug-likeness (QED) is 0.642. The van der Waals surface area contributed by atoms with Crippen LogP contribution in [0.2, 0.25) is 0 Å². The standard InChI is InChI=1S/C17H17N3O4S/c1-3-24-17(23)20-16-19-12-7-6-11(14(22)15(12)25-16)13(21)10-5-4-9(2)18-8-10/h4-5,8,21H,3,6-7H2,1-2H3,(H,19,20,23). The molecule has 1 aliphatic carbocycles. The maximum Gasteiger partial charge on any atom is 0.413 e. The summed E-state index contributed by atoms with van der Waals surface area (Å²) in [6.07, 6.45) is 1.83. The van der Waals surface area contributed by atoms with Crippen LogP contribution >= 0.6 is 11.3 Å². The maximum absolute atomic E-state index is 12.7. The van der Waals surface area contributed by atoms with Gasteiger partial charge in [0.05, 0.1) is 12.3 Å². The van der Waals surface area contributed by atoms with Gasteiger partial charge in [0.2, 0.25) is 5.78 Å². The Morgan fingerprint density at radius 1 is 1.40 bits per heavy atom. The number of pyridine rings is 1. The zero-order valence-electron chi connectivity index (χ0n) is 13.8. The topological polar surface area (TPSA) is 101 Å². The number of fused-ring (bicyclic) bond motifs is 1. The van der Waals surface area contributed by atoms with Crippen molar-refractivity contribution in [1.82, 2.24) is 9.97 Å². The van der Waals surface area contributed by atoms with Crippen LogP contribution in [0.25, 0.3) is 5.76 Å². The van der Waals surface area contributed by atoms with Gasteiger partial charge in [0.1, 0.15) is 10.6 Å². The molecule has 2 heterocycles. The fourth-order valence-electron chi connectivity index (χ4n) is 2.51. The number of aliphatic hydroxyl groups is 1. The highest BCUT2D eigenvalue weighted by molar-refractivity contribution is 7.18. The van der Waals surface area contributed by atoms with E-state index in [1.165, 1.54) is 0 Å². The van der Waals surface area contributed by atoms with Gasteiger partial charge in [-0.15, -0.1) is 0 Å². The molecule has 1 aliphatic rings. The molecule has 0 spiro atoms. The molecule has 2 N–H and O–H groups in total. The summed E-state index contributed by atoms with van der Waals surface area (Å²) in [5, 5.41) is 13.3. The monoisotopic (exact) mass is 359 g/mol. The van der Waals surface area contributed by atoms with Crippen LogP contribution in [0.15, 0.2) is 23.9 Å². The Bertz CT molecular complexity index is 855. The van der Waals surface area contributed by atoms with Gasteiger partial charge in [-0.2, -0.15) is 0 Å². The average Bonchev–Trinajstić information content (AvgIpc) is 2.99. The summed E-state index contributed by atoms with van der Waals surface area (Å²) in [5.41, 5.74) is 2.30. The lowest BCUT2D eigenvalue weighted by Crippen LogP contribution is -2.14. The van der Waals surface area contributed by atoms with Crippen molar-refractivity contribution in [3.8, 4) is 0 Å². The number of hydrogen-bond donors (Lipinski definition) is 2. The number of thiazole rings is 1. The number of aryl methyl sites for hydroxylation is 2. The van der Waals surface area contributed by atoms with Gasteiger partial charge in [-0.25, -0.2) is 9.78 Å². The Hall–Kier alpha value is -2.74. The van der Waals surface area contributed by atoms with Gasteiger partial charge in [0, 0.05) is 23.0 Å². The lowest BCUT2D eigenvalue weighted by atomic mass is 9.93. The van der Waals surface area contributed by atoms with E-state index in [4.69, 9.17) is 4.74 Å². The van der Waals surface area contributed by atoms with Gasteiger partial charge in [0.25, 0.3) is 0 Å². The third kappa shape index (κ3) is 3.53. The first-order chi connectivity index (χ1) is 12.0. The Kier molecular flexibility index (Phi) is 4.80. The second-order valence-electron chi connectivity index (χ2n) is 5.48. The predicted octanol–water partition coefficient (Wildman–Crippen LogP) is 3.51. The number of carbonyl (C=O) groups excluding carboxylic acids is 2. The number of carbonyl (C=O) groups is 2. The van der Waals surface area contributed by atoms with Crippen LogP contribution in [-0.2, 0) is 11.2 Å². The molecular weight excluding hydrogens is 342 g/mol. The molecule has 1 amide bonds. The first-order valence-corrected chi connectivity index (χ1v) is 8.64. The lowest BCUT2D eigenvalue weighted by Gasteiger charge is -2.14. The van der Waals surface area contributed by atoms with Crippen molar-refractivity contribution in [2.45, 2.75) is 26.7 Å². The molecule has 7 nitrogen and oxygen atoms in total. The molecule has 130 valence electrons. The molecule has 0 saturated carbocycles. The summed E-state index contributed by atoms with van der Waals surface area (Å²) in [4.78, 5) is 33.0. The number of hydrogen-bond acceptors (Lipinski definition) is 7. The van der Waals surface area contributed by atoms with Crippen LogP contribution < -0.4 is 5.32 Å². The van der Waals surface area contributed by atoms with Crippen molar-refractivity contribution in [2.75, 3.05) is 11.9 Å². The van der Waals surface area contributed by atoms with E-state index < -0.39 is 6.09 Å². The Morgan fingerprint density at radius 3 is 2.88 bits per heavy atom. The first-order valence-electron chi connectivity index (χ1n) is 7.83. The largest absolute Gasteiger partial charge is 0.507 e. The molecule has 0 saturated heterocycles. The van der Waals surface area contributed by atoms with Crippen LogP contribution in [0.5, 0.6) is 0 Å². The number of nitrogens with one attached hydrogen (secondary N) is 1. The highest BCUT2D eigenvalue weighted by Gasteiger charge is 2.29. The fourth-order valence-corrected chi connectivity index (χ4v) is 3.47. The van der Waals surface area contributed by atoms with Gasteiger partial charge < -0.3 is 9.84 Å². The zero-order valence-corrected chi connectivity index (χ0v) is 14.6. The van der Waals surface area contributed by atoms with E-state index in [2.05, 4.69) is 15.3 Å². The van der Waals surface area contributed by atoms with E-state index in [9.17, 15) is 14.7 Å². The first kappa shape index (κ1) is 17.1. The van der Waals surface area contributed by atoms with Crippen molar-refractivity contribution in [3.05, 3.63) is 45.7 Å². The summed E-state index contributed by atoms with van der Waals surface area (Å²) >= 11 is 1.08. The molecule has 0 unspecified atom stereocenters. The molecule has 25 heavy (non-hydrogen) atoms. The van der Waals surface area contributed by atoms with Crippen LogP contribution in [0.4, 0.5) is 9.93 Å². The molecule has 0 aromatic carbocycles. The summed E-state index contributed by atoms with van der Waals surface area (Å²) in [6, 6.07) is 3.51. The molecular formula is C17H17N3O4S. The smallest absolute Gasteiger partial charge is 0.413 e. The molecule has 0 bridgehead atoms. The zero-order chi connectivity index (χ0) is 18.0. The van der Waals surface area contributed by atoms with Crippen LogP contribution in [0, 0.1) is 6.92 Å². The number of nitrogens with zero attached hydrogens (tertiary/aromatic N) is 2. The summed E-state index contributed by atoms with van der Waals surface area (Å²) in [5.74, 6) is -0.329. The van der Waals surface area contributed by atoms with Crippen molar-refractivity contribution >= 4 is 34.1 Å². The number of ketones is 1. The number of amides is 1. The van der Waals surface area contributed by atoms with Gasteiger partial charge in [-0.1, -0.05) is 11.3 Å². The number of aromatic nitrogens is 2. The van der Waals surface area contributed by atoms with Crippen molar-refractivity contribution < 1.29 is 19.4 Å². The third-order valence-electron chi connectivity index (χ3n) is 3.74. The molecule has 3 rings (SSSR count). The maximum atomic E-state index is 12.7. The van der Waals surface area contributed by atoms with E-state index in [1.54, 1.807) is 25.3 Å². The molecule has 8 heteroatoms. The van der Waals surface area contributed by atoms with Crippen molar-refractivity contribution in [3.63, 3.8) is 0 Å². The minimum Gasteiger partial charge on any atom is -0.507 e. The van der Waals surface area contributed by atoms with Gasteiger partial charge in [-0.3, -0.25) is 15.1 Å². The van der Waals surface area contributed by atoms with E-state index in [0.717, 1.165) is 17.0 Å². The molecule has 0 aliphatic heterocycles. The van der Waals surface area contributed by atoms with Crippen LogP contribution in [0.1, 0.15) is 40.0 Å². The highest BCUT2D eigenvalue weighted by Crippen LogP contribution is 2.34. The fraction of sp³-hybridized carbons (Fsp3) is 0.294. The number of allylic oxidation sites excluding steroid dienone is 1. The number of aliphatic hydroxyl groups excluding tert-OH is 1. The molecule has 2 aromatic rings. The second-order valence-corrected chi connectivity index (χ2v) is 6.48. The SMILES string of the molecule is CCOC(=O)Nc1nc2c(s1)C(=O)C(=C(O)c1ccc(C)nc1)CC2. The highest BCUT2D eigenvalue weighted by atomic mass is 32.1. The summed E-state index contributed by atoms with van der Waals surface area (Å²) < 4.78 is 4.81. The van der Waals surface area contributed by atoms with Gasteiger partial charge in [-0.05, 0) is 38.8 Å². The Labute approximate surface area is 148 Å². The number of rotatable bonds is 3. The van der Waals surface area contributed by atoms with E-state index >= 15 is 0 Å². The molecule has 0 radical (unpaired) electrons. The van der Waals surface area contributed by atoms with Crippen LogP contribution in [0.3, 0.4) is 0 Å².